The maximum Gasteiger partial charge on any atom is 0.0389 e. The molecule has 82 valence electrons. The second-order valence-corrected chi connectivity index (χ2v) is 4.32. The van der Waals surface area contributed by atoms with Gasteiger partial charge in [0.1, 0.15) is 0 Å². The molecule has 0 unspecified atom stereocenters. The molecule has 1 aliphatic rings. The van der Waals surface area contributed by atoms with E-state index in [-0.39, 0.29) is 0 Å². The maximum atomic E-state index is 5.82. The van der Waals surface area contributed by atoms with Crippen LogP contribution in [0.3, 0.4) is 0 Å². The third kappa shape index (κ3) is 2.25. The molecule has 1 fully saturated rings. The Hall–Kier alpha value is -1.18. The van der Waals surface area contributed by atoms with Crippen molar-refractivity contribution in [3.8, 4) is 0 Å². The highest BCUT2D eigenvalue weighted by Crippen LogP contribution is 2.28. The van der Waals surface area contributed by atoms with Gasteiger partial charge in [-0.2, -0.15) is 0 Å². The van der Waals surface area contributed by atoms with Crippen LogP contribution in [0.1, 0.15) is 32.6 Å². The number of anilines is 2. The summed E-state index contributed by atoms with van der Waals surface area (Å²) in [4.78, 5) is 2.49. The molecule has 1 aromatic rings. The van der Waals surface area contributed by atoms with Crippen molar-refractivity contribution in [2.45, 2.75) is 38.6 Å². The molecule has 2 heteroatoms. The lowest BCUT2D eigenvalue weighted by Crippen LogP contribution is -2.32. The van der Waals surface area contributed by atoms with Crippen LogP contribution in [-0.2, 0) is 0 Å². The average Bonchev–Trinajstić information content (AvgIpc) is 2.72. The van der Waals surface area contributed by atoms with Gasteiger partial charge in [-0.25, -0.2) is 0 Å². The van der Waals surface area contributed by atoms with Crippen LogP contribution in [0.2, 0.25) is 0 Å². The number of benzene rings is 1. The predicted molar refractivity (Wildman–Crippen MR) is 66.1 cm³/mol. The van der Waals surface area contributed by atoms with Crippen molar-refractivity contribution in [2.24, 2.45) is 0 Å². The monoisotopic (exact) mass is 204 g/mol. The zero-order valence-electron chi connectivity index (χ0n) is 9.45. The van der Waals surface area contributed by atoms with Gasteiger partial charge in [-0.15, -0.1) is 0 Å². The molecule has 0 spiro atoms. The molecule has 0 aromatic heterocycles. The van der Waals surface area contributed by atoms with Crippen LogP contribution in [0.5, 0.6) is 0 Å². The van der Waals surface area contributed by atoms with Crippen molar-refractivity contribution in [3.05, 3.63) is 24.3 Å². The summed E-state index contributed by atoms with van der Waals surface area (Å²) < 4.78 is 0. The van der Waals surface area contributed by atoms with Gasteiger partial charge in [0, 0.05) is 24.0 Å². The average molecular weight is 204 g/mol. The van der Waals surface area contributed by atoms with Crippen LogP contribution in [0.4, 0.5) is 11.4 Å². The smallest absolute Gasteiger partial charge is 0.0389 e. The Balaban J connectivity index is 2.18. The van der Waals surface area contributed by atoms with Crippen LogP contribution < -0.4 is 10.6 Å². The number of rotatable bonds is 3. The molecule has 15 heavy (non-hydrogen) atoms. The molecule has 0 heterocycles. The Kier molecular flexibility index (Phi) is 3.14. The van der Waals surface area contributed by atoms with Crippen molar-refractivity contribution in [1.29, 1.82) is 0 Å². The number of hydrogen-bond donors (Lipinski definition) is 1. The molecule has 2 rings (SSSR count). The van der Waals surface area contributed by atoms with E-state index in [4.69, 9.17) is 5.73 Å². The molecule has 1 aliphatic carbocycles. The Morgan fingerprint density at radius 1 is 1.33 bits per heavy atom. The number of hydrogen-bond acceptors (Lipinski definition) is 2. The van der Waals surface area contributed by atoms with E-state index in [0.29, 0.717) is 0 Å². The summed E-state index contributed by atoms with van der Waals surface area (Å²) >= 11 is 0. The standard InChI is InChI=1S/C13H20N2/c1-2-15(12-7-3-4-8-12)13-9-5-6-11(14)10-13/h5-6,9-10,12H,2-4,7-8,14H2,1H3. The van der Waals surface area contributed by atoms with E-state index < -0.39 is 0 Å². The molecular weight excluding hydrogens is 184 g/mol. The van der Waals surface area contributed by atoms with E-state index in [9.17, 15) is 0 Å². The number of nitrogens with zero attached hydrogens (tertiary/aromatic N) is 1. The first-order valence-electron chi connectivity index (χ1n) is 5.93. The van der Waals surface area contributed by atoms with E-state index in [1.807, 2.05) is 12.1 Å². The summed E-state index contributed by atoms with van der Waals surface area (Å²) in [5.41, 5.74) is 7.97. The molecule has 1 aromatic carbocycles. The Morgan fingerprint density at radius 2 is 2.07 bits per heavy atom. The topological polar surface area (TPSA) is 29.3 Å². The van der Waals surface area contributed by atoms with Gasteiger partial charge in [-0.1, -0.05) is 18.9 Å². The minimum absolute atomic E-state index is 0.733. The molecule has 0 amide bonds. The fourth-order valence-corrected chi connectivity index (χ4v) is 2.57. The summed E-state index contributed by atoms with van der Waals surface area (Å²) in [6.07, 6.45) is 5.43. The number of nitrogen functional groups attached to an aromatic ring is 1. The van der Waals surface area contributed by atoms with Crippen molar-refractivity contribution < 1.29 is 0 Å². The van der Waals surface area contributed by atoms with Gasteiger partial charge < -0.3 is 10.6 Å². The predicted octanol–water partition coefficient (Wildman–Crippen LogP) is 3.04. The lowest BCUT2D eigenvalue weighted by Gasteiger charge is -2.30. The Morgan fingerprint density at radius 3 is 2.67 bits per heavy atom. The fraction of sp³-hybridized carbons (Fsp3) is 0.538. The van der Waals surface area contributed by atoms with Crippen LogP contribution in [-0.4, -0.2) is 12.6 Å². The zero-order chi connectivity index (χ0) is 10.7. The van der Waals surface area contributed by atoms with Crippen molar-refractivity contribution >= 4 is 11.4 Å². The van der Waals surface area contributed by atoms with Crippen LogP contribution in [0.25, 0.3) is 0 Å². The quantitative estimate of drug-likeness (QED) is 0.767. The first kappa shape index (κ1) is 10.3. The molecule has 2 nitrogen and oxygen atoms in total. The summed E-state index contributed by atoms with van der Waals surface area (Å²) in [5.74, 6) is 0. The van der Waals surface area contributed by atoms with Gasteiger partial charge in [0.2, 0.25) is 0 Å². The highest BCUT2D eigenvalue weighted by atomic mass is 15.2. The van der Waals surface area contributed by atoms with Gasteiger partial charge >= 0.3 is 0 Å². The lowest BCUT2D eigenvalue weighted by atomic mass is 10.1. The Bertz CT molecular complexity index is 316. The van der Waals surface area contributed by atoms with Gasteiger partial charge in [-0.3, -0.25) is 0 Å². The van der Waals surface area contributed by atoms with Crippen LogP contribution >= 0.6 is 0 Å². The fourth-order valence-electron chi connectivity index (χ4n) is 2.57. The largest absolute Gasteiger partial charge is 0.399 e. The van der Waals surface area contributed by atoms with E-state index in [1.165, 1.54) is 31.4 Å². The maximum absolute atomic E-state index is 5.82. The molecule has 0 aliphatic heterocycles. The first-order valence-corrected chi connectivity index (χ1v) is 5.93. The highest BCUT2D eigenvalue weighted by Gasteiger charge is 2.21. The second-order valence-electron chi connectivity index (χ2n) is 4.32. The molecule has 0 radical (unpaired) electrons. The highest BCUT2D eigenvalue weighted by molar-refractivity contribution is 5.56. The summed E-state index contributed by atoms with van der Waals surface area (Å²) in [6, 6.07) is 8.98. The van der Waals surface area contributed by atoms with E-state index in [1.54, 1.807) is 0 Å². The summed E-state index contributed by atoms with van der Waals surface area (Å²) in [5, 5.41) is 0. The SMILES string of the molecule is CCN(c1cccc(N)c1)C1CCCC1. The van der Waals surface area contributed by atoms with Crippen molar-refractivity contribution in [1.82, 2.24) is 0 Å². The van der Waals surface area contributed by atoms with Crippen molar-refractivity contribution in [2.75, 3.05) is 17.2 Å². The van der Waals surface area contributed by atoms with Crippen LogP contribution in [0.15, 0.2) is 24.3 Å². The van der Waals surface area contributed by atoms with Gasteiger partial charge in [0.15, 0.2) is 0 Å². The van der Waals surface area contributed by atoms with Gasteiger partial charge in [0.05, 0.1) is 0 Å². The number of nitrogens with two attached hydrogens (primary N) is 1. The lowest BCUT2D eigenvalue weighted by molar-refractivity contribution is 0.620. The molecular formula is C13H20N2. The molecule has 0 saturated heterocycles. The minimum atomic E-state index is 0.733. The molecule has 0 atom stereocenters. The first-order chi connectivity index (χ1) is 7.31. The molecule has 0 bridgehead atoms. The Labute approximate surface area is 92.1 Å². The van der Waals surface area contributed by atoms with Crippen LogP contribution in [0, 0.1) is 0 Å². The second kappa shape index (κ2) is 4.56. The van der Waals surface area contributed by atoms with Gasteiger partial charge in [-0.05, 0) is 38.0 Å². The zero-order valence-corrected chi connectivity index (χ0v) is 9.45. The summed E-state index contributed by atoms with van der Waals surface area (Å²) in [6.45, 7) is 3.30. The normalized spacial score (nSPS) is 16.9. The summed E-state index contributed by atoms with van der Waals surface area (Å²) in [7, 11) is 0. The van der Waals surface area contributed by atoms with Gasteiger partial charge in [0.25, 0.3) is 0 Å². The van der Waals surface area contributed by atoms with E-state index in [0.717, 1.165) is 18.3 Å². The third-order valence-electron chi connectivity index (χ3n) is 3.31. The van der Waals surface area contributed by atoms with E-state index in [2.05, 4.69) is 24.0 Å². The third-order valence-corrected chi connectivity index (χ3v) is 3.31. The molecule has 1 saturated carbocycles. The molecule has 2 N–H and O–H groups in total. The van der Waals surface area contributed by atoms with E-state index >= 15 is 0 Å². The minimum Gasteiger partial charge on any atom is -0.399 e. The van der Waals surface area contributed by atoms with Crippen molar-refractivity contribution in [3.63, 3.8) is 0 Å².